The standard InChI is InChI=1S/C23H30N2O3S/c1-18-12-13-21(29(27,28)25-14-8-3-4-9-15-25)16-22(18)23(26)24-17-19(2)20-10-6-5-7-11-20/h5-7,10-13,16,19H,3-4,8-9,14-15,17H2,1-2H3,(H,24,26)/t19-/m0/s1. The first-order valence-corrected chi connectivity index (χ1v) is 11.8. The van der Waals surface area contributed by atoms with Crippen molar-refractivity contribution in [2.45, 2.75) is 50.3 Å². The molecule has 1 N–H and O–H groups in total. The van der Waals surface area contributed by atoms with Gasteiger partial charge < -0.3 is 5.32 Å². The minimum Gasteiger partial charge on any atom is -0.351 e. The van der Waals surface area contributed by atoms with Gasteiger partial charge in [0.1, 0.15) is 0 Å². The second-order valence-corrected chi connectivity index (χ2v) is 9.75. The summed E-state index contributed by atoms with van der Waals surface area (Å²) in [6.45, 7) is 5.48. The first-order valence-electron chi connectivity index (χ1n) is 10.3. The Morgan fingerprint density at radius 2 is 1.69 bits per heavy atom. The summed E-state index contributed by atoms with van der Waals surface area (Å²) in [5.41, 5.74) is 2.34. The monoisotopic (exact) mass is 414 g/mol. The molecular weight excluding hydrogens is 384 g/mol. The molecule has 3 rings (SSSR count). The lowest BCUT2D eigenvalue weighted by Crippen LogP contribution is -2.32. The molecule has 5 nitrogen and oxygen atoms in total. The van der Waals surface area contributed by atoms with E-state index < -0.39 is 10.0 Å². The molecule has 0 spiro atoms. The molecule has 1 heterocycles. The van der Waals surface area contributed by atoms with Crippen molar-refractivity contribution in [1.29, 1.82) is 0 Å². The van der Waals surface area contributed by atoms with Gasteiger partial charge in [0.2, 0.25) is 10.0 Å². The first-order chi connectivity index (χ1) is 13.9. The van der Waals surface area contributed by atoms with Gasteiger partial charge in [0, 0.05) is 25.2 Å². The van der Waals surface area contributed by atoms with E-state index in [1.807, 2.05) is 37.3 Å². The van der Waals surface area contributed by atoms with Crippen molar-refractivity contribution in [1.82, 2.24) is 9.62 Å². The Hall–Kier alpha value is -2.18. The summed E-state index contributed by atoms with van der Waals surface area (Å²) < 4.78 is 27.7. The van der Waals surface area contributed by atoms with Gasteiger partial charge in [0.25, 0.3) is 5.91 Å². The summed E-state index contributed by atoms with van der Waals surface area (Å²) in [7, 11) is -3.58. The van der Waals surface area contributed by atoms with Gasteiger partial charge in [-0.1, -0.05) is 56.2 Å². The molecule has 6 heteroatoms. The van der Waals surface area contributed by atoms with Crippen molar-refractivity contribution < 1.29 is 13.2 Å². The van der Waals surface area contributed by atoms with E-state index in [0.29, 0.717) is 25.2 Å². The molecule has 1 amide bonds. The van der Waals surface area contributed by atoms with Crippen LogP contribution in [0.25, 0.3) is 0 Å². The molecule has 1 saturated heterocycles. The second-order valence-electron chi connectivity index (χ2n) is 7.82. The van der Waals surface area contributed by atoms with Crippen LogP contribution < -0.4 is 5.32 Å². The predicted octanol–water partition coefficient (Wildman–Crippen LogP) is 4.09. The molecule has 1 atom stereocenters. The number of nitrogens with one attached hydrogen (secondary N) is 1. The number of benzene rings is 2. The number of hydrogen-bond acceptors (Lipinski definition) is 3. The highest BCUT2D eigenvalue weighted by Gasteiger charge is 2.26. The third kappa shape index (κ3) is 5.25. The topological polar surface area (TPSA) is 66.5 Å². The van der Waals surface area contributed by atoms with Gasteiger partial charge in [-0.05, 0) is 48.9 Å². The van der Waals surface area contributed by atoms with Crippen molar-refractivity contribution in [3.05, 3.63) is 65.2 Å². The van der Waals surface area contributed by atoms with Crippen LogP contribution in [0, 0.1) is 6.92 Å². The van der Waals surface area contributed by atoms with Crippen LogP contribution in [0.4, 0.5) is 0 Å². The lowest BCUT2D eigenvalue weighted by atomic mass is 10.0. The van der Waals surface area contributed by atoms with Gasteiger partial charge in [-0.15, -0.1) is 0 Å². The number of hydrogen-bond donors (Lipinski definition) is 1. The average Bonchev–Trinajstić information content (AvgIpc) is 3.03. The minimum atomic E-state index is -3.58. The Labute approximate surface area is 174 Å². The highest BCUT2D eigenvalue weighted by Crippen LogP contribution is 2.23. The maximum absolute atomic E-state index is 13.1. The lowest BCUT2D eigenvalue weighted by molar-refractivity contribution is 0.0951. The Balaban J connectivity index is 1.75. The minimum absolute atomic E-state index is 0.171. The zero-order chi connectivity index (χ0) is 20.9. The number of rotatable bonds is 6. The zero-order valence-electron chi connectivity index (χ0n) is 17.2. The van der Waals surface area contributed by atoms with Crippen molar-refractivity contribution in [2.75, 3.05) is 19.6 Å². The number of amides is 1. The SMILES string of the molecule is Cc1ccc(S(=O)(=O)N2CCCCCC2)cc1C(=O)NC[C@H](C)c1ccccc1. The zero-order valence-corrected chi connectivity index (χ0v) is 18.0. The predicted molar refractivity (Wildman–Crippen MR) is 116 cm³/mol. The van der Waals surface area contributed by atoms with E-state index in [0.717, 1.165) is 36.8 Å². The summed E-state index contributed by atoms with van der Waals surface area (Å²) in [5.74, 6) is -0.0670. The van der Waals surface area contributed by atoms with Crippen LogP contribution in [0.15, 0.2) is 53.4 Å². The molecule has 1 aliphatic rings. The van der Waals surface area contributed by atoms with E-state index in [4.69, 9.17) is 0 Å². The summed E-state index contributed by atoms with van der Waals surface area (Å²) in [6, 6.07) is 14.9. The number of aryl methyl sites for hydroxylation is 1. The lowest BCUT2D eigenvalue weighted by Gasteiger charge is -2.21. The molecule has 0 saturated carbocycles. The van der Waals surface area contributed by atoms with Crippen molar-refractivity contribution >= 4 is 15.9 Å². The Morgan fingerprint density at radius 3 is 2.34 bits per heavy atom. The first kappa shape index (κ1) is 21.5. The molecule has 0 bridgehead atoms. The Bertz CT molecular complexity index is 934. The summed E-state index contributed by atoms with van der Waals surface area (Å²) >= 11 is 0. The van der Waals surface area contributed by atoms with Crippen LogP contribution in [-0.4, -0.2) is 38.3 Å². The maximum atomic E-state index is 13.1. The fraction of sp³-hybridized carbons (Fsp3) is 0.435. The van der Waals surface area contributed by atoms with E-state index in [1.165, 1.54) is 6.07 Å². The molecule has 2 aromatic carbocycles. The van der Waals surface area contributed by atoms with E-state index in [9.17, 15) is 13.2 Å². The Morgan fingerprint density at radius 1 is 1.03 bits per heavy atom. The molecule has 1 fully saturated rings. The number of nitrogens with zero attached hydrogens (tertiary/aromatic N) is 1. The molecule has 29 heavy (non-hydrogen) atoms. The van der Waals surface area contributed by atoms with Crippen LogP contribution in [-0.2, 0) is 10.0 Å². The molecule has 0 radical (unpaired) electrons. The highest BCUT2D eigenvalue weighted by atomic mass is 32.2. The quantitative estimate of drug-likeness (QED) is 0.774. The van der Waals surface area contributed by atoms with Gasteiger partial charge in [-0.2, -0.15) is 4.31 Å². The van der Waals surface area contributed by atoms with Crippen molar-refractivity contribution in [3.8, 4) is 0 Å². The van der Waals surface area contributed by atoms with Crippen LogP contribution in [0.2, 0.25) is 0 Å². The van der Waals surface area contributed by atoms with Crippen molar-refractivity contribution in [3.63, 3.8) is 0 Å². The van der Waals surface area contributed by atoms with Crippen LogP contribution in [0.5, 0.6) is 0 Å². The smallest absolute Gasteiger partial charge is 0.251 e. The van der Waals surface area contributed by atoms with E-state index in [1.54, 1.807) is 16.4 Å². The number of carbonyl (C=O) groups excluding carboxylic acids is 1. The van der Waals surface area contributed by atoms with Gasteiger partial charge in [0.15, 0.2) is 0 Å². The van der Waals surface area contributed by atoms with Gasteiger partial charge in [0.05, 0.1) is 4.90 Å². The van der Waals surface area contributed by atoms with Crippen LogP contribution in [0.3, 0.4) is 0 Å². The van der Waals surface area contributed by atoms with Crippen LogP contribution in [0.1, 0.15) is 60.0 Å². The normalized spacial score (nSPS) is 16.8. The molecular formula is C23H30N2O3S. The largest absolute Gasteiger partial charge is 0.351 e. The van der Waals surface area contributed by atoms with E-state index in [-0.39, 0.29) is 16.7 Å². The molecule has 1 aliphatic heterocycles. The fourth-order valence-electron chi connectivity index (χ4n) is 3.68. The summed E-state index contributed by atoms with van der Waals surface area (Å²) in [5, 5.41) is 2.96. The summed E-state index contributed by atoms with van der Waals surface area (Å²) in [6.07, 6.45) is 3.89. The van der Waals surface area contributed by atoms with Gasteiger partial charge >= 0.3 is 0 Å². The van der Waals surface area contributed by atoms with Gasteiger partial charge in [-0.25, -0.2) is 8.42 Å². The fourth-order valence-corrected chi connectivity index (χ4v) is 5.22. The molecule has 0 unspecified atom stereocenters. The summed E-state index contributed by atoms with van der Waals surface area (Å²) in [4.78, 5) is 13.0. The maximum Gasteiger partial charge on any atom is 0.251 e. The average molecular weight is 415 g/mol. The molecule has 0 aromatic heterocycles. The van der Waals surface area contributed by atoms with E-state index in [2.05, 4.69) is 12.2 Å². The Kier molecular flexibility index (Phi) is 7.09. The number of sulfonamides is 1. The van der Waals surface area contributed by atoms with Crippen molar-refractivity contribution in [2.24, 2.45) is 0 Å². The molecule has 0 aliphatic carbocycles. The van der Waals surface area contributed by atoms with Gasteiger partial charge in [-0.3, -0.25) is 4.79 Å². The van der Waals surface area contributed by atoms with E-state index >= 15 is 0 Å². The molecule has 2 aromatic rings. The third-order valence-corrected chi connectivity index (χ3v) is 7.49. The second kappa shape index (κ2) is 9.55. The molecule has 156 valence electrons. The van der Waals surface area contributed by atoms with Crippen LogP contribution >= 0.6 is 0 Å². The number of carbonyl (C=O) groups is 1. The third-order valence-electron chi connectivity index (χ3n) is 5.59. The highest BCUT2D eigenvalue weighted by molar-refractivity contribution is 7.89.